The second-order valence-corrected chi connectivity index (χ2v) is 7.76. The van der Waals surface area contributed by atoms with E-state index >= 15 is 0 Å². The first-order valence-electron chi connectivity index (χ1n) is 10.5. The highest BCUT2D eigenvalue weighted by Gasteiger charge is 2.12. The third kappa shape index (κ3) is 5.12. The van der Waals surface area contributed by atoms with E-state index < -0.39 is 0 Å². The molecule has 33 heavy (non-hydrogen) atoms. The van der Waals surface area contributed by atoms with Gasteiger partial charge in [-0.3, -0.25) is 9.78 Å². The predicted octanol–water partition coefficient (Wildman–Crippen LogP) is 5.85. The fourth-order valence-corrected chi connectivity index (χ4v) is 3.60. The summed E-state index contributed by atoms with van der Waals surface area (Å²) in [6.07, 6.45) is 2.14. The van der Waals surface area contributed by atoms with E-state index in [2.05, 4.69) is 4.98 Å². The van der Waals surface area contributed by atoms with Gasteiger partial charge in [-0.25, -0.2) is 4.39 Å². The van der Waals surface area contributed by atoms with Gasteiger partial charge in [0, 0.05) is 30.5 Å². The third-order valence-electron chi connectivity index (χ3n) is 5.40. The van der Waals surface area contributed by atoms with Gasteiger partial charge in [0.15, 0.2) is 11.5 Å². The van der Waals surface area contributed by atoms with Crippen molar-refractivity contribution in [3.8, 4) is 23.0 Å². The molecule has 0 spiro atoms. The number of carbonyl (C=O) groups is 1. The maximum atomic E-state index is 13.7. The first-order chi connectivity index (χ1) is 16.0. The Balaban J connectivity index is 1.47. The lowest BCUT2D eigenvalue weighted by molar-refractivity contribution is -0.117. The molecule has 0 radical (unpaired) electrons. The van der Waals surface area contributed by atoms with Gasteiger partial charge in [-0.2, -0.15) is 0 Å². The minimum atomic E-state index is -0.290. The Morgan fingerprint density at radius 1 is 0.848 bits per heavy atom. The molecule has 0 saturated carbocycles. The lowest BCUT2D eigenvalue weighted by atomic mass is 10.0. The van der Waals surface area contributed by atoms with Crippen molar-refractivity contribution in [3.63, 3.8) is 0 Å². The number of halogens is 1. The molecular formula is C27H24FNO4. The molecule has 0 atom stereocenters. The molecule has 0 saturated heterocycles. The molecule has 0 unspecified atom stereocenters. The van der Waals surface area contributed by atoms with Crippen LogP contribution in [-0.4, -0.2) is 25.0 Å². The molecule has 0 aliphatic heterocycles. The Hall–Kier alpha value is -3.93. The number of aryl methyl sites for hydroxylation is 1. The van der Waals surface area contributed by atoms with Gasteiger partial charge in [-0.05, 0) is 53.9 Å². The van der Waals surface area contributed by atoms with Crippen LogP contribution in [0.2, 0.25) is 0 Å². The topological polar surface area (TPSA) is 57.7 Å². The van der Waals surface area contributed by atoms with E-state index in [-0.39, 0.29) is 24.4 Å². The van der Waals surface area contributed by atoms with Gasteiger partial charge in [0.05, 0.1) is 19.7 Å². The molecule has 0 bridgehead atoms. The fraction of sp³-hybridized carbons (Fsp3) is 0.185. The van der Waals surface area contributed by atoms with Gasteiger partial charge >= 0.3 is 0 Å². The Morgan fingerprint density at radius 2 is 1.52 bits per heavy atom. The summed E-state index contributed by atoms with van der Waals surface area (Å²) in [7, 11) is 3.16. The van der Waals surface area contributed by atoms with Crippen molar-refractivity contribution in [2.45, 2.75) is 19.8 Å². The number of benzene rings is 3. The van der Waals surface area contributed by atoms with E-state index in [0.29, 0.717) is 34.1 Å². The zero-order valence-electron chi connectivity index (χ0n) is 18.7. The lowest BCUT2D eigenvalue weighted by Crippen LogP contribution is -2.07. The zero-order chi connectivity index (χ0) is 23.4. The number of pyridine rings is 1. The smallest absolute Gasteiger partial charge is 0.162 e. The fourth-order valence-electron chi connectivity index (χ4n) is 3.60. The molecular weight excluding hydrogens is 421 g/mol. The van der Waals surface area contributed by atoms with Crippen LogP contribution in [0.5, 0.6) is 23.0 Å². The van der Waals surface area contributed by atoms with Gasteiger partial charge in [0.25, 0.3) is 0 Å². The number of methoxy groups -OCH3 is 2. The van der Waals surface area contributed by atoms with Crippen LogP contribution in [0.15, 0.2) is 66.9 Å². The summed E-state index contributed by atoms with van der Waals surface area (Å²) >= 11 is 0. The number of ketones is 1. The van der Waals surface area contributed by atoms with Crippen molar-refractivity contribution >= 4 is 16.7 Å². The number of carbonyl (C=O) groups excluding carboxylic acids is 1. The number of nitrogens with zero attached hydrogens (tertiary/aromatic N) is 1. The second kappa shape index (κ2) is 9.69. The van der Waals surface area contributed by atoms with Gasteiger partial charge in [-0.15, -0.1) is 0 Å². The molecule has 4 rings (SSSR count). The number of fused-ring (bicyclic) bond motifs is 1. The average molecular weight is 445 g/mol. The maximum absolute atomic E-state index is 13.7. The summed E-state index contributed by atoms with van der Waals surface area (Å²) < 4.78 is 30.5. The SMILES string of the molecule is COc1cc2nccc(Oc3ccc(CC(=O)Cc4ccc(C)c(F)c4)cc3)c2cc1OC. The molecule has 4 aromatic rings. The predicted molar refractivity (Wildman–Crippen MR) is 125 cm³/mol. The van der Waals surface area contributed by atoms with Gasteiger partial charge in [-0.1, -0.05) is 24.3 Å². The number of ether oxygens (including phenoxy) is 3. The van der Waals surface area contributed by atoms with E-state index in [9.17, 15) is 9.18 Å². The van der Waals surface area contributed by atoms with Crippen LogP contribution in [0.3, 0.4) is 0 Å². The first kappa shape index (κ1) is 22.3. The summed E-state index contributed by atoms with van der Waals surface area (Å²) in [5.41, 5.74) is 2.84. The normalized spacial score (nSPS) is 10.8. The maximum Gasteiger partial charge on any atom is 0.162 e. The van der Waals surface area contributed by atoms with Crippen molar-refractivity contribution in [2.75, 3.05) is 14.2 Å². The Kier molecular flexibility index (Phi) is 6.54. The number of Topliss-reactive ketones (excluding diaryl/α,β-unsaturated/α-hetero) is 1. The van der Waals surface area contributed by atoms with Crippen LogP contribution in [-0.2, 0) is 17.6 Å². The van der Waals surface area contributed by atoms with Crippen LogP contribution in [0.1, 0.15) is 16.7 Å². The summed E-state index contributed by atoms with van der Waals surface area (Å²) in [5.74, 6) is 2.18. The summed E-state index contributed by atoms with van der Waals surface area (Å²) in [6, 6.07) is 17.7. The first-order valence-corrected chi connectivity index (χ1v) is 10.5. The van der Waals surface area contributed by atoms with Crippen LogP contribution < -0.4 is 14.2 Å². The summed E-state index contributed by atoms with van der Waals surface area (Å²) in [4.78, 5) is 16.8. The van der Waals surface area contributed by atoms with Crippen molar-refractivity contribution < 1.29 is 23.4 Å². The van der Waals surface area contributed by atoms with Crippen LogP contribution in [0.4, 0.5) is 4.39 Å². The lowest BCUT2D eigenvalue weighted by Gasteiger charge is -2.12. The Labute approximate surface area is 191 Å². The van der Waals surface area contributed by atoms with E-state index in [1.165, 1.54) is 6.07 Å². The molecule has 168 valence electrons. The number of rotatable bonds is 8. The Bertz CT molecular complexity index is 1300. The van der Waals surface area contributed by atoms with Crippen molar-refractivity contribution in [2.24, 2.45) is 0 Å². The van der Waals surface area contributed by atoms with Crippen molar-refractivity contribution in [3.05, 3.63) is 89.4 Å². The standard InChI is InChI=1S/C27H24FNO4/c1-17-4-5-19(14-23(17)28)13-20(30)12-18-6-8-21(9-7-18)33-25-10-11-29-24-16-27(32-3)26(31-2)15-22(24)25/h4-11,14-16H,12-13H2,1-3H3. The summed E-state index contributed by atoms with van der Waals surface area (Å²) in [5, 5.41) is 0.791. The molecule has 0 amide bonds. The molecule has 0 aliphatic carbocycles. The average Bonchev–Trinajstić information content (AvgIpc) is 2.82. The highest BCUT2D eigenvalue weighted by Crippen LogP contribution is 2.36. The van der Waals surface area contributed by atoms with E-state index in [1.54, 1.807) is 51.6 Å². The zero-order valence-corrected chi connectivity index (χ0v) is 18.7. The van der Waals surface area contributed by atoms with Gasteiger partial charge < -0.3 is 14.2 Å². The highest BCUT2D eigenvalue weighted by atomic mass is 19.1. The minimum Gasteiger partial charge on any atom is -0.493 e. The molecule has 0 N–H and O–H groups in total. The molecule has 1 aromatic heterocycles. The second-order valence-electron chi connectivity index (χ2n) is 7.76. The number of hydrogen-bond acceptors (Lipinski definition) is 5. The van der Waals surface area contributed by atoms with Gasteiger partial charge in [0.2, 0.25) is 0 Å². The van der Waals surface area contributed by atoms with Crippen LogP contribution >= 0.6 is 0 Å². The minimum absolute atomic E-state index is 0.0214. The monoisotopic (exact) mass is 445 g/mol. The number of hydrogen-bond donors (Lipinski definition) is 0. The van der Waals surface area contributed by atoms with Crippen molar-refractivity contribution in [1.82, 2.24) is 4.98 Å². The summed E-state index contributed by atoms with van der Waals surface area (Å²) in [6.45, 7) is 1.70. The molecule has 3 aromatic carbocycles. The van der Waals surface area contributed by atoms with Crippen LogP contribution in [0.25, 0.3) is 10.9 Å². The van der Waals surface area contributed by atoms with E-state index in [1.807, 2.05) is 30.3 Å². The molecule has 6 heteroatoms. The van der Waals surface area contributed by atoms with Crippen molar-refractivity contribution in [1.29, 1.82) is 0 Å². The number of aromatic nitrogens is 1. The van der Waals surface area contributed by atoms with E-state index in [4.69, 9.17) is 14.2 Å². The molecule has 0 fully saturated rings. The highest BCUT2D eigenvalue weighted by molar-refractivity contribution is 5.88. The molecule has 0 aliphatic rings. The molecule has 5 nitrogen and oxygen atoms in total. The largest absolute Gasteiger partial charge is 0.493 e. The third-order valence-corrected chi connectivity index (χ3v) is 5.40. The van der Waals surface area contributed by atoms with E-state index in [0.717, 1.165) is 16.5 Å². The van der Waals surface area contributed by atoms with Crippen LogP contribution in [0, 0.1) is 12.7 Å². The Morgan fingerprint density at radius 3 is 2.21 bits per heavy atom. The molecule has 1 heterocycles. The van der Waals surface area contributed by atoms with Gasteiger partial charge in [0.1, 0.15) is 23.1 Å². The quantitative estimate of drug-likeness (QED) is 0.341.